The topological polar surface area (TPSA) is 58.4 Å². The van der Waals surface area contributed by atoms with Crippen molar-refractivity contribution in [3.8, 4) is 0 Å². The van der Waals surface area contributed by atoms with Crippen LogP contribution < -0.4 is 0 Å². The van der Waals surface area contributed by atoms with Crippen LogP contribution in [0, 0.1) is 0 Å². The molecule has 0 aliphatic carbocycles. The number of nitrogens with zero attached hydrogens (tertiary/aromatic N) is 3. The van der Waals surface area contributed by atoms with Crippen LogP contribution in [0.4, 0.5) is 0 Å². The van der Waals surface area contributed by atoms with Crippen LogP contribution in [-0.2, 0) is 13.0 Å². The van der Waals surface area contributed by atoms with Crippen molar-refractivity contribution < 1.29 is 9.90 Å². The fraction of sp³-hybridized carbons (Fsp3) is 0.714. The van der Waals surface area contributed by atoms with Crippen LogP contribution in [0.2, 0.25) is 0 Å². The van der Waals surface area contributed by atoms with Crippen LogP contribution >= 0.6 is 0 Å². The van der Waals surface area contributed by atoms with Crippen LogP contribution in [0.3, 0.4) is 0 Å². The molecule has 0 spiro atoms. The molecule has 0 saturated carbocycles. The molecule has 5 nitrogen and oxygen atoms in total. The van der Waals surface area contributed by atoms with Gasteiger partial charge in [0, 0.05) is 19.6 Å². The predicted octanol–water partition coefficient (Wildman–Crippen LogP) is 1.70. The SMILES string of the molecule is CCc1cc(C(=O)N(CC)CC(C)(C)O)n(CC)n1. The number of likely N-dealkylation sites (N-methyl/N-ethyl adjacent to an activating group) is 1. The van der Waals surface area contributed by atoms with E-state index in [1.54, 1.807) is 23.4 Å². The van der Waals surface area contributed by atoms with Crippen molar-refractivity contribution in [2.75, 3.05) is 13.1 Å². The lowest BCUT2D eigenvalue weighted by molar-refractivity contribution is 0.0308. The minimum Gasteiger partial charge on any atom is -0.389 e. The van der Waals surface area contributed by atoms with Crippen molar-refractivity contribution >= 4 is 5.91 Å². The quantitative estimate of drug-likeness (QED) is 0.853. The van der Waals surface area contributed by atoms with E-state index < -0.39 is 5.60 Å². The Balaban J connectivity index is 3.00. The molecule has 0 aliphatic rings. The zero-order valence-electron chi connectivity index (χ0n) is 12.6. The highest BCUT2D eigenvalue weighted by molar-refractivity contribution is 5.92. The summed E-state index contributed by atoms with van der Waals surface area (Å²) in [6.45, 7) is 10.9. The molecule has 0 bridgehead atoms. The van der Waals surface area contributed by atoms with Crippen LogP contribution in [0.15, 0.2) is 6.07 Å². The van der Waals surface area contributed by atoms with E-state index in [0.29, 0.717) is 25.3 Å². The van der Waals surface area contributed by atoms with Crippen molar-refractivity contribution in [1.29, 1.82) is 0 Å². The molecule has 1 rings (SSSR count). The number of amides is 1. The molecule has 5 heteroatoms. The summed E-state index contributed by atoms with van der Waals surface area (Å²) >= 11 is 0. The minimum atomic E-state index is -0.893. The maximum absolute atomic E-state index is 12.5. The fourth-order valence-electron chi connectivity index (χ4n) is 2.01. The van der Waals surface area contributed by atoms with Gasteiger partial charge in [-0.15, -0.1) is 0 Å². The fourth-order valence-corrected chi connectivity index (χ4v) is 2.01. The van der Waals surface area contributed by atoms with Crippen LogP contribution in [0.25, 0.3) is 0 Å². The molecule has 0 unspecified atom stereocenters. The molecule has 1 aromatic rings. The zero-order valence-corrected chi connectivity index (χ0v) is 12.6. The molecular weight excluding hydrogens is 242 g/mol. The van der Waals surface area contributed by atoms with E-state index in [0.717, 1.165) is 12.1 Å². The average Bonchev–Trinajstić information content (AvgIpc) is 2.77. The highest BCUT2D eigenvalue weighted by atomic mass is 16.3. The van der Waals surface area contributed by atoms with Crippen LogP contribution in [0.1, 0.15) is 50.8 Å². The van der Waals surface area contributed by atoms with Gasteiger partial charge < -0.3 is 10.0 Å². The summed E-state index contributed by atoms with van der Waals surface area (Å²) in [7, 11) is 0. The number of carbonyl (C=O) groups is 1. The Morgan fingerprint density at radius 1 is 1.42 bits per heavy atom. The van der Waals surface area contributed by atoms with E-state index in [1.165, 1.54) is 0 Å². The molecular formula is C14H25N3O2. The maximum atomic E-state index is 12.5. The van der Waals surface area contributed by atoms with Crippen LogP contribution in [-0.4, -0.2) is 44.4 Å². The van der Waals surface area contributed by atoms with Gasteiger partial charge in [-0.2, -0.15) is 5.10 Å². The Bertz CT molecular complexity index is 432. The average molecular weight is 267 g/mol. The third-order valence-corrected chi connectivity index (χ3v) is 2.96. The van der Waals surface area contributed by atoms with Crippen molar-refractivity contribution in [3.63, 3.8) is 0 Å². The first kappa shape index (κ1) is 15.7. The second-order valence-electron chi connectivity index (χ2n) is 5.32. The van der Waals surface area contributed by atoms with Crippen molar-refractivity contribution in [2.24, 2.45) is 0 Å². The molecule has 108 valence electrons. The number of aliphatic hydroxyl groups is 1. The summed E-state index contributed by atoms with van der Waals surface area (Å²) in [5.74, 6) is -0.0707. The lowest BCUT2D eigenvalue weighted by Gasteiger charge is -2.28. The normalized spacial score (nSPS) is 11.7. The molecule has 0 fully saturated rings. The van der Waals surface area contributed by atoms with Crippen molar-refractivity contribution in [1.82, 2.24) is 14.7 Å². The summed E-state index contributed by atoms with van der Waals surface area (Å²) in [5.41, 5.74) is 0.631. The highest BCUT2D eigenvalue weighted by Crippen LogP contribution is 2.12. The van der Waals surface area contributed by atoms with Crippen molar-refractivity contribution in [2.45, 2.75) is 53.2 Å². The summed E-state index contributed by atoms with van der Waals surface area (Å²) < 4.78 is 1.73. The van der Waals surface area contributed by atoms with Gasteiger partial charge in [-0.3, -0.25) is 9.48 Å². The summed E-state index contributed by atoms with van der Waals surface area (Å²) in [6, 6.07) is 1.85. The van der Waals surface area contributed by atoms with Gasteiger partial charge in [-0.1, -0.05) is 6.92 Å². The Labute approximate surface area is 115 Å². The number of aryl methyl sites for hydroxylation is 2. The molecule has 1 amide bonds. The van der Waals surface area contributed by atoms with E-state index in [9.17, 15) is 9.90 Å². The van der Waals surface area contributed by atoms with E-state index in [2.05, 4.69) is 5.10 Å². The molecule has 0 radical (unpaired) electrons. The molecule has 0 atom stereocenters. The number of carbonyl (C=O) groups excluding carboxylic acids is 1. The lowest BCUT2D eigenvalue weighted by Crippen LogP contribution is -2.42. The van der Waals surface area contributed by atoms with E-state index in [-0.39, 0.29) is 5.91 Å². The highest BCUT2D eigenvalue weighted by Gasteiger charge is 2.24. The largest absolute Gasteiger partial charge is 0.389 e. The first-order valence-electron chi connectivity index (χ1n) is 6.90. The minimum absolute atomic E-state index is 0.0707. The maximum Gasteiger partial charge on any atom is 0.272 e. The van der Waals surface area contributed by atoms with E-state index in [4.69, 9.17) is 0 Å². The van der Waals surface area contributed by atoms with Gasteiger partial charge in [0.1, 0.15) is 5.69 Å². The Kier molecular flexibility index (Phi) is 5.11. The molecule has 0 aromatic carbocycles. The number of hydrogen-bond donors (Lipinski definition) is 1. The Morgan fingerprint density at radius 3 is 2.47 bits per heavy atom. The lowest BCUT2D eigenvalue weighted by atomic mass is 10.1. The van der Waals surface area contributed by atoms with Gasteiger partial charge in [-0.05, 0) is 40.2 Å². The number of rotatable bonds is 6. The third-order valence-electron chi connectivity index (χ3n) is 2.96. The molecule has 1 N–H and O–H groups in total. The van der Waals surface area contributed by atoms with Crippen molar-refractivity contribution in [3.05, 3.63) is 17.5 Å². The second kappa shape index (κ2) is 6.19. The summed E-state index contributed by atoms with van der Waals surface area (Å²) in [4.78, 5) is 14.2. The first-order valence-corrected chi connectivity index (χ1v) is 6.90. The zero-order chi connectivity index (χ0) is 14.6. The third kappa shape index (κ3) is 4.06. The summed E-state index contributed by atoms with van der Waals surface area (Å²) in [6.07, 6.45) is 0.810. The van der Waals surface area contributed by atoms with Crippen LogP contribution in [0.5, 0.6) is 0 Å². The monoisotopic (exact) mass is 267 g/mol. The van der Waals surface area contributed by atoms with E-state index >= 15 is 0 Å². The van der Waals surface area contributed by atoms with Gasteiger partial charge in [-0.25, -0.2) is 0 Å². The first-order chi connectivity index (χ1) is 8.82. The molecule has 1 aromatic heterocycles. The number of aromatic nitrogens is 2. The van der Waals surface area contributed by atoms with Gasteiger partial charge in [0.25, 0.3) is 5.91 Å². The predicted molar refractivity (Wildman–Crippen MR) is 75.2 cm³/mol. The Morgan fingerprint density at radius 2 is 2.05 bits per heavy atom. The van der Waals surface area contributed by atoms with E-state index in [1.807, 2.05) is 26.8 Å². The summed E-state index contributed by atoms with van der Waals surface area (Å²) in [5, 5.41) is 14.3. The molecule has 0 saturated heterocycles. The number of hydrogen-bond acceptors (Lipinski definition) is 3. The Hall–Kier alpha value is -1.36. The van der Waals surface area contributed by atoms with Gasteiger partial charge in [0.05, 0.1) is 11.3 Å². The molecule has 19 heavy (non-hydrogen) atoms. The van der Waals surface area contributed by atoms with Gasteiger partial charge >= 0.3 is 0 Å². The van der Waals surface area contributed by atoms with Gasteiger partial charge in [0.15, 0.2) is 0 Å². The molecule has 0 aliphatic heterocycles. The molecule has 1 heterocycles. The standard InChI is InChI=1S/C14H25N3O2/c1-6-11-9-12(17(8-3)15-11)13(18)16(7-2)10-14(4,5)19/h9,19H,6-8,10H2,1-5H3. The smallest absolute Gasteiger partial charge is 0.272 e. The second-order valence-corrected chi connectivity index (χ2v) is 5.32. The van der Waals surface area contributed by atoms with Gasteiger partial charge in [0.2, 0.25) is 0 Å².